The van der Waals surface area contributed by atoms with Gasteiger partial charge < -0.3 is 14.8 Å². The lowest BCUT2D eigenvalue weighted by Gasteiger charge is -2.34. The van der Waals surface area contributed by atoms with Crippen LogP contribution in [0.15, 0.2) is 30.7 Å². The minimum Gasteiger partial charge on any atom is -0.356 e. The number of aryl methyl sites for hydroxylation is 1. The lowest BCUT2D eigenvalue weighted by molar-refractivity contribution is -0.179. The Balaban J connectivity index is 1.61. The first kappa shape index (κ1) is 23.8. The molecule has 4 rings (SSSR count). The highest BCUT2D eigenvalue weighted by Crippen LogP contribution is 2.36. The fourth-order valence-electron chi connectivity index (χ4n) is 3.96. The summed E-state index contributed by atoms with van der Waals surface area (Å²) in [4.78, 5) is 26.9. The quantitative estimate of drug-likeness (QED) is 0.563. The molecule has 34 heavy (non-hydrogen) atoms. The third-order valence-electron chi connectivity index (χ3n) is 5.78. The molecule has 1 aliphatic rings. The number of halogens is 6. The highest BCUT2D eigenvalue weighted by Gasteiger charge is 2.41. The molecule has 7 nitrogen and oxygen atoms in total. The molecular weight excluding hydrogens is 466 g/mol. The first-order chi connectivity index (χ1) is 15.9. The van der Waals surface area contributed by atoms with Gasteiger partial charge in [-0.05, 0) is 31.0 Å². The Morgan fingerprint density at radius 3 is 2.50 bits per heavy atom. The molecule has 13 heteroatoms. The average Bonchev–Trinajstić information content (AvgIpc) is 3.15. The molecule has 0 aromatic carbocycles. The van der Waals surface area contributed by atoms with Crippen LogP contribution in [-0.4, -0.2) is 44.7 Å². The van der Waals surface area contributed by atoms with Gasteiger partial charge in [-0.1, -0.05) is 0 Å². The van der Waals surface area contributed by atoms with Gasteiger partial charge in [0.05, 0.1) is 35.6 Å². The maximum absolute atomic E-state index is 13.2. The number of rotatable bonds is 4. The van der Waals surface area contributed by atoms with Crippen molar-refractivity contribution in [3.8, 4) is 0 Å². The summed E-state index contributed by atoms with van der Waals surface area (Å²) in [7, 11) is 1.68. The van der Waals surface area contributed by atoms with E-state index in [2.05, 4.69) is 20.3 Å². The van der Waals surface area contributed by atoms with Gasteiger partial charge >= 0.3 is 12.4 Å². The number of amides is 1. The zero-order chi connectivity index (χ0) is 24.7. The van der Waals surface area contributed by atoms with E-state index in [0.29, 0.717) is 11.2 Å². The molecule has 4 heterocycles. The number of hydrogen-bond donors (Lipinski definition) is 1. The molecule has 1 N–H and O–H groups in total. The van der Waals surface area contributed by atoms with Crippen LogP contribution in [0.2, 0.25) is 0 Å². The van der Waals surface area contributed by atoms with Crippen LogP contribution >= 0.6 is 0 Å². The number of nitrogens with one attached hydrogen (secondary N) is 1. The molecular formula is C21H20F6N6O. The summed E-state index contributed by atoms with van der Waals surface area (Å²) in [5, 5.41) is 2.43. The Morgan fingerprint density at radius 1 is 1.15 bits per heavy atom. The van der Waals surface area contributed by atoms with Gasteiger partial charge in [-0.3, -0.25) is 9.78 Å². The SMILES string of the molecule is Cn1cnc2cc(C(=O)NCc3ncccc3C(F)(F)F)c(N3CCC(C(F)(F)F)CC3)nc21. The van der Waals surface area contributed by atoms with Gasteiger partial charge in [-0.2, -0.15) is 26.3 Å². The number of anilines is 1. The van der Waals surface area contributed by atoms with Gasteiger partial charge in [0.25, 0.3) is 5.91 Å². The summed E-state index contributed by atoms with van der Waals surface area (Å²) >= 11 is 0. The van der Waals surface area contributed by atoms with Gasteiger partial charge in [0, 0.05) is 26.3 Å². The Labute approximate surface area is 189 Å². The largest absolute Gasteiger partial charge is 0.418 e. The number of carbonyl (C=O) groups excluding carboxylic acids is 1. The third kappa shape index (κ3) is 4.77. The van der Waals surface area contributed by atoms with Gasteiger partial charge in [0.15, 0.2) is 5.65 Å². The van der Waals surface area contributed by atoms with Crippen LogP contribution in [0.25, 0.3) is 11.2 Å². The monoisotopic (exact) mass is 486 g/mol. The normalized spacial score (nSPS) is 15.7. The average molecular weight is 486 g/mol. The van der Waals surface area contributed by atoms with E-state index >= 15 is 0 Å². The van der Waals surface area contributed by atoms with E-state index in [1.165, 1.54) is 18.6 Å². The fourth-order valence-corrected chi connectivity index (χ4v) is 3.96. The molecule has 1 aliphatic heterocycles. The first-order valence-corrected chi connectivity index (χ1v) is 10.4. The smallest absolute Gasteiger partial charge is 0.356 e. The topological polar surface area (TPSA) is 75.9 Å². The van der Waals surface area contributed by atoms with E-state index in [-0.39, 0.29) is 43.0 Å². The maximum atomic E-state index is 13.2. The molecule has 3 aromatic rings. The van der Waals surface area contributed by atoms with Crippen molar-refractivity contribution in [2.75, 3.05) is 18.0 Å². The van der Waals surface area contributed by atoms with Crippen molar-refractivity contribution in [1.82, 2.24) is 24.8 Å². The van der Waals surface area contributed by atoms with E-state index in [0.717, 1.165) is 12.1 Å². The predicted molar refractivity (Wildman–Crippen MR) is 110 cm³/mol. The van der Waals surface area contributed by atoms with Crippen LogP contribution in [0.4, 0.5) is 32.2 Å². The number of fused-ring (bicyclic) bond motifs is 1. The van der Waals surface area contributed by atoms with Crippen molar-refractivity contribution in [2.24, 2.45) is 13.0 Å². The molecule has 1 saturated heterocycles. The molecule has 1 amide bonds. The molecule has 1 fully saturated rings. The highest BCUT2D eigenvalue weighted by atomic mass is 19.4. The van der Waals surface area contributed by atoms with Gasteiger partial charge in [0.2, 0.25) is 0 Å². The Bertz CT molecular complexity index is 1200. The van der Waals surface area contributed by atoms with Crippen molar-refractivity contribution in [1.29, 1.82) is 0 Å². The molecule has 0 atom stereocenters. The van der Waals surface area contributed by atoms with Gasteiger partial charge in [-0.25, -0.2) is 9.97 Å². The second-order valence-electron chi connectivity index (χ2n) is 8.04. The zero-order valence-electron chi connectivity index (χ0n) is 17.9. The molecule has 0 aliphatic carbocycles. The van der Waals surface area contributed by atoms with Crippen molar-refractivity contribution >= 4 is 22.9 Å². The number of carbonyl (C=O) groups is 1. The Hall–Kier alpha value is -3.38. The van der Waals surface area contributed by atoms with Crippen molar-refractivity contribution < 1.29 is 31.1 Å². The zero-order valence-corrected chi connectivity index (χ0v) is 17.9. The summed E-state index contributed by atoms with van der Waals surface area (Å²) in [6.07, 6.45) is -6.59. The molecule has 0 saturated carbocycles. The van der Waals surface area contributed by atoms with Gasteiger partial charge in [-0.15, -0.1) is 0 Å². The van der Waals surface area contributed by atoms with Crippen LogP contribution in [0.1, 0.15) is 34.5 Å². The standard InChI is InChI=1S/C21H20F6N6O/c1-32-11-30-15-9-13(19(34)29-10-16-14(21(25,26)27)3-2-6-28-16)17(31-18(15)32)33-7-4-12(5-8-33)20(22,23)24/h2-3,6,9,11-12H,4-5,7-8,10H2,1H3,(H,29,34). The molecule has 182 valence electrons. The molecule has 0 spiro atoms. The summed E-state index contributed by atoms with van der Waals surface area (Å²) in [6, 6.07) is 3.45. The van der Waals surface area contributed by atoms with E-state index in [1.807, 2.05) is 0 Å². The van der Waals surface area contributed by atoms with Crippen molar-refractivity contribution in [3.05, 3.63) is 47.5 Å². The fraction of sp³-hybridized carbons (Fsp3) is 0.429. The predicted octanol–water partition coefficient (Wildman–Crippen LogP) is 4.09. The van der Waals surface area contributed by atoms with Crippen molar-refractivity contribution in [3.63, 3.8) is 0 Å². The second-order valence-corrected chi connectivity index (χ2v) is 8.04. The molecule has 0 radical (unpaired) electrons. The van der Waals surface area contributed by atoms with E-state index in [1.54, 1.807) is 16.5 Å². The van der Waals surface area contributed by atoms with Crippen LogP contribution in [0.3, 0.4) is 0 Å². The first-order valence-electron chi connectivity index (χ1n) is 10.4. The Morgan fingerprint density at radius 2 is 1.85 bits per heavy atom. The van der Waals surface area contributed by atoms with Crippen LogP contribution < -0.4 is 10.2 Å². The summed E-state index contributed by atoms with van der Waals surface area (Å²) in [6.45, 7) is -0.442. The molecule has 0 unspecified atom stereocenters. The lowest BCUT2D eigenvalue weighted by Crippen LogP contribution is -2.40. The summed E-state index contributed by atoms with van der Waals surface area (Å²) < 4.78 is 80.5. The second kappa shape index (κ2) is 8.76. The lowest BCUT2D eigenvalue weighted by atomic mass is 9.96. The van der Waals surface area contributed by atoms with Gasteiger partial charge in [0.1, 0.15) is 11.3 Å². The number of piperidine rings is 1. The number of pyridine rings is 2. The third-order valence-corrected chi connectivity index (χ3v) is 5.78. The van der Waals surface area contributed by atoms with E-state index < -0.39 is 36.3 Å². The molecule has 0 bridgehead atoms. The Kier molecular flexibility index (Phi) is 6.13. The number of alkyl halides is 6. The minimum atomic E-state index is -4.64. The van der Waals surface area contributed by atoms with E-state index in [4.69, 9.17) is 0 Å². The van der Waals surface area contributed by atoms with Crippen LogP contribution in [0.5, 0.6) is 0 Å². The van der Waals surface area contributed by atoms with Crippen LogP contribution in [0, 0.1) is 5.92 Å². The van der Waals surface area contributed by atoms with E-state index in [9.17, 15) is 31.1 Å². The summed E-state index contributed by atoms with van der Waals surface area (Å²) in [5.74, 6) is -2.01. The summed E-state index contributed by atoms with van der Waals surface area (Å²) in [5.41, 5.74) is -0.518. The highest BCUT2D eigenvalue weighted by molar-refractivity contribution is 6.01. The number of hydrogen-bond acceptors (Lipinski definition) is 5. The number of aromatic nitrogens is 4. The molecule has 3 aromatic heterocycles. The van der Waals surface area contributed by atoms with Crippen LogP contribution in [-0.2, 0) is 19.8 Å². The number of nitrogens with zero attached hydrogens (tertiary/aromatic N) is 5. The van der Waals surface area contributed by atoms with Crippen molar-refractivity contribution in [2.45, 2.75) is 31.7 Å². The maximum Gasteiger partial charge on any atom is 0.418 e. The minimum absolute atomic E-state index is 0.0150. The number of imidazole rings is 1.